The summed E-state index contributed by atoms with van der Waals surface area (Å²) in [5, 5.41) is 2.76. The van der Waals surface area contributed by atoms with Crippen molar-refractivity contribution in [1.29, 1.82) is 0 Å². The molecule has 88 valence electrons. The maximum atomic E-state index is 11.6. The Balaban J connectivity index is 2.43. The van der Waals surface area contributed by atoms with E-state index in [1.54, 1.807) is 18.3 Å². The van der Waals surface area contributed by atoms with Gasteiger partial charge in [0, 0.05) is 23.8 Å². The second-order valence-electron chi connectivity index (χ2n) is 3.34. The fraction of sp³-hybridized carbons (Fsp3) is 0.455. The van der Waals surface area contributed by atoms with E-state index in [0.717, 1.165) is 4.47 Å². The summed E-state index contributed by atoms with van der Waals surface area (Å²) in [6.07, 6.45) is 1.62. The highest BCUT2D eigenvalue weighted by atomic mass is 79.9. The zero-order valence-corrected chi connectivity index (χ0v) is 11.0. The van der Waals surface area contributed by atoms with Crippen molar-refractivity contribution in [3.05, 3.63) is 28.5 Å². The summed E-state index contributed by atoms with van der Waals surface area (Å²) >= 11 is 3.26. The SMILES string of the molecule is CCOC(C)CNC(=O)c1ccc(Br)cn1. The molecule has 5 heteroatoms. The summed E-state index contributed by atoms with van der Waals surface area (Å²) in [5.74, 6) is -0.181. The van der Waals surface area contributed by atoms with Crippen molar-refractivity contribution in [1.82, 2.24) is 10.3 Å². The largest absolute Gasteiger partial charge is 0.377 e. The monoisotopic (exact) mass is 286 g/mol. The number of nitrogens with one attached hydrogen (secondary N) is 1. The molecule has 16 heavy (non-hydrogen) atoms. The Morgan fingerprint density at radius 3 is 2.94 bits per heavy atom. The lowest BCUT2D eigenvalue weighted by Crippen LogP contribution is -2.32. The molecule has 4 nitrogen and oxygen atoms in total. The van der Waals surface area contributed by atoms with Gasteiger partial charge in [0.15, 0.2) is 0 Å². The van der Waals surface area contributed by atoms with Gasteiger partial charge in [-0.1, -0.05) is 0 Å². The molecule has 1 aromatic rings. The van der Waals surface area contributed by atoms with Crippen LogP contribution in [0, 0.1) is 0 Å². The molecule has 1 amide bonds. The minimum atomic E-state index is -0.181. The van der Waals surface area contributed by atoms with Crippen LogP contribution in [0.5, 0.6) is 0 Å². The van der Waals surface area contributed by atoms with E-state index in [2.05, 4.69) is 26.2 Å². The maximum absolute atomic E-state index is 11.6. The fourth-order valence-corrected chi connectivity index (χ4v) is 1.42. The minimum absolute atomic E-state index is 0.0180. The summed E-state index contributed by atoms with van der Waals surface area (Å²) in [7, 11) is 0. The lowest BCUT2D eigenvalue weighted by atomic mass is 10.3. The first-order valence-electron chi connectivity index (χ1n) is 5.14. The Morgan fingerprint density at radius 1 is 1.62 bits per heavy atom. The van der Waals surface area contributed by atoms with E-state index in [1.165, 1.54) is 0 Å². The highest BCUT2D eigenvalue weighted by Gasteiger charge is 2.08. The van der Waals surface area contributed by atoms with E-state index in [0.29, 0.717) is 18.8 Å². The van der Waals surface area contributed by atoms with Crippen molar-refractivity contribution in [2.75, 3.05) is 13.2 Å². The lowest BCUT2D eigenvalue weighted by molar-refractivity contribution is 0.0693. The van der Waals surface area contributed by atoms with Crippen LogP contribution < -0.4 is 5.32 Å². The molecule has 0 aliphatic carbocycles. The molecule has 1 unspecified atom stereocenters. The highest BCUT2D eigenvalue weighted by molar-refractivity contribution is 9.10. The molecule has 0 aromatic carbocycles. The first-order valence-corrected chi connectivity index (χ1v) is 5.94. The number of carbonyl (C=O) groups is 1. The fourth-order valence-electron chi connectivity index (χ4n) is 1.18. The highest BCUT2D eigenvalue weighted by Crippen LogP contribution is 2.07. The summed E-state index contributed by atoms with van der Waals surface area (Å²) in [6, 6.07) is 3.46. The number of hydrogen-bond donors (Lipinski definition) is 1. The molecule has 1 N–H and O–H groups in total. The average molecular weight is 287 g/mol. The number of ether oxygens (including phenoxy) is 1. The van der Waals surface area contributed by atoms with Crippen molar-refractivity contribution in [3.63, 3.8) is 0 Å². The molecule has 0 spiro atoms. The van der Waals surface area contributed by atoms with Gasteiger partial charge in [-0.05, 0) is 41.9 Å². The quantitative estimate of drug-likeness (QED) is 0.901. The van der Waals surface area contributed by atoms with Gasteiger partial charge in [-0.25, -0.2) is 4.98 Å². The van der Waals surface area contributed by atoms with Crippen molar-refractivity contribution in [3.8, 4) is 0 Å². The number of rotatable bonds is 5. The molecule has 1 rings (SSSR count). The number of nitrogens with zero attached hydrogens (tertiary/aromatic N) is 1. The third kappa shape index (κ3) is 4.28. The second kappa shape index (κ2) is 6.60. The van der Waals surface area contributed by atoms with E-state index < -0.39 is 0 Å². The Hall–Kier alpha value is -0.940. The van der Waals surface area contributed by atoms with Crippen LogP contribution in [0.4, 0.5) is 0 Å². The number of aromatic nitrogens is 1. The van der Waals surface area contributed by atoms with Crippen molar-refractivity contribution in [2.45, 2.75) is 20.0 Å². The maximum Gasteiger partial charge on any atom is 0.269 e. The predicted octanol–water partition coefficient (Wildman–Crippen LogP) is 2.00. The molecular weight excluding hydrogens is 272 g/mol. The van der Waals surface area contributed by atoms with Crippen LogP contribution in [0.1, 0.15) is 24.3 Å². The Bertz CT molecular complexity index is 340. The summed E-state index contributed by atoms with van der Waals surface area (Å²) < 4.78 is 6.16. The Kier molecular flexibility index (Phi) is 5.42. The summed E-state index contributed by atoms with van der Waals surface area (Å²) in [5.41, 5.74) is 0.409. The predicted molar refractivity (Wildman–Crippen MR) is 65.4 cm³/mol. The molecule has 0 radical (unpaired) electrons. The van der Waals surface area contributed by atoms with Gasteiger partial charge in [0.25, 0.3) is 5.91 Å². The molecule has 0 aliphatic rings. The number of amides is 1. The van der Waals surface area contributed by atoms with Crippen LogP contribution in [0.25, 0.3) is 0 Å². The molecular formula is C11H15BrN2O2. The third-order valence-corrected chi connectivity index (χ3v) is 2.43. The van der Waals surface area contributed by atoms with Gasteiger partial charge < -0.3 is 10.1 Å². The van der Waals surface area contributed by atoms with Crippen LogP contribution in [0.2, 0.25) is 0 Å². The van der Waals surface area contributed by atoms with E-state index in [9.17, 15) is 4.79 Å². The van der Waals surface area contributed by atoms with E-state index in [1.807, 2.05) is 13.8 Å². The zero-order valence-electron chi connectivity index (χ0n) is 9.37. The molecule has 0 bridgehead atoms. The molecule has 0 saturated carbocycles. The Morgan fingerprint density at radius 2 is 2.38 bits per heavy atom. The number of halogens is 1. The summed E-state index contributed by atoms with van der Waals surface area (Å²) in [4.78, 5) is 15.6. The number of carbonyl (C=O) groups excluding carboxylic acids is 1. The number of hydrogen-bond acceptors (Lipinski definition) is 3. The van der Waals surface area contributed by atoms with Gasteiger partial charge in [0.1, 0.15) is 5.69 Å². The second-order valence-corrected chi connectivity index (χ2v) is 4.25. The van der Waals surface area contributed by atoms with Gasteiger partial charge in [-0.15, -0.1) is 0 Å². The van der Waals surface area contributed by atoms with E-state index >= 15 is 0 Å². The molecule has 1 atom stereocenters. The molecule has 0 saturated heterocycles. The van der Waals surface area contributed by atoms with Gasteiger partial charge in [-0.2, -0.15) is 0 Å². The standard InChI is InChI=1S/C11H15BrN2O2/c1-3-16-8(2)6-14-11(15)10-5-4-9(12)7-13-10/h4-5,7-8H,3,6H2,1-2H3,(H,14,15). The van der Waals surface area contributed by atoms with Crippen molar-refractivity contribution in [2.24, 2.45) is 0 Å². The van der Waals surface area contributed by atoms with Crippen LogP contribution in [0.15, 0.2) is 22.8 Å². The molecule has 1 aromatic heterocycles. The van der Waals surface area contributed by atoms with Gasteiger partial charge in [0.05, 0.1) is 6.10 Å². The smallest absolute Gasteiger partial charge is 0.269 e. The molecule has 0 fully saturated rings. The first-order chi connectivity index (χ1) is 7.63. The van der Waals surface area contributed by atoms with Crippen LogP contribution in [-0.2, 0) is 4.74 Å². The van der Waals surface area contributed by atoms with Crippen molar-refractivity contribution < 1.29 is 9.53 Å². The normalized spacial score (nSPS) is 12.2. The average Bonchev–Trinajstić information content (AvgIpc) is 2.27. The van der Waals surface area contributed by atoms with Gasteiger partial charge in [-0.3, -0.25) is 4.79 Å². The lowest BCUT2D eigenvalue weighted by Gasteiger charge is -2.12. The third-order valence-electron chi connectivity index (χ3n) is 1.96. The number of pyridine rings is 1. The van der Waals surface area contributed by atoms with E-state index in [-0.39, 0.29) is 12.0 Å². The zero-order chi connectivity index (χ0) is 12.0. The van der Waals surface area contributed by atoms with Gasteiger partial charge in [0.2, 0.25) is 0 Å². The first kappa shape index (κ1) is 13.1. The minimum Gasteiger partial charge on any atom is -0.377 e. The van der Waals surface area contributed by atoms with Crippen LogP contribution in [0.3, 0.4) is 0 Å². The van der Waals surface area contributed by atoms with Gasteiger partial charge >= 0.3 is 0 Å². The van der Waals surface area contributed by atoms with Crippen LogP contribution in [-0.4, -0.2) is 30.1 Å². The Labute approximate surface area is 104 Å². The summed E-state index contributed by atoms with van der Waals surface area (Å²) in [6.45, 7) is 4.98. The molecule has 0 aliphatic heterocycles. The van der Waals surface area contributed by atoms with E-state index in [4.69, 9.17) is 4.74 Å². The topological polar surface area (TPSA) is 51.2 Å². The molecule has 1 heterocycles. The van der Waals surface area contributed by atoms with Crippen molar-refractivity contribution >= 4 is 21.8 Å². The van der Waals surface area contributed by atoms with Crippen LogP contribution >= 0.6 is 15.9 Å².